The van der Waals surface area contributed by atoms with Gasteiger partial charge in [0.2, 0.25) is 10.0 Å². The first kappa shape index (κ1) is 21.0. The molecular formula is C22H27N3O4S. The highest BCUT2D eigenvalue weighted by atomic mass is 32.2. The summed E-state index contributed by atoms with van der Waals surface area (Å²) in [7, 11) is -3.44. The second-order valence-corrected chi connectivity index (χ2v) is 9.54. The zero-order valence-corrected chi connectivity index (χ0v) is 17.8. The lowest BCUT2D eigenvalue weighted by Gasteiger charge is -2.34. The molecule has 0 bridgehead atoms. The summed E-state index contributed by atoms with van der Waals surface area (Å²) in [6.45, 7) is 5.36. The molecule has 0 N–H and O–H groups in total. The lowest BCUT2D eigenvalue weighted by atomic mass is 10.1. The molecular weight excluding hydrogens is 402 g/mol. The number of sulfonamides is 1. The lowest BCUT2D eigenvalue weighted by Crippen LogP contribution is -2.48. The van der Waals surface area contributed by atoms with E-state index in [1.165, 1.54) is 0 Å². The van der Waals surface area contributed by atoms with Crippen LogP contribution in [0, 0.1) is 0 Å². The van der Waals surface area contributed by atoms with Crippen molar-refractivity contribution in [3.63, 3.8) is 0 Å². The van der Waals surface area contributed by atoms with Gasteiger partial charge in [-0.3, -0.25) is 9.69 Å². The van der Waals surface area contributed by atoms with E-state index in [4.69, 9.17) is 4.74 Å². The predicted molar refractivity (Wildman–Crippen MR) is 114 cm³/mol. The van der Waals surface area contributed by atoms with E-state index < -0.39 is 10.0 Å². The van der Waals surface area contributed by atoms with Gasteiger partial charge >= 0.3 is 0 Å². The number of amides is 1. The van der Waals surface area contributed by atoms with Crippen LogP contribution in [0.2, 0.25) is 0 Å². The van der Waals surface area contributed by atoms with Gasteiger partial charge in [0.25, 0.3) is 5.91 Å². The largest absolute Gasteiger partial charge is 0.378 e. The number of piperazine rings is 1. The second kappa shape index (κ2) is 9.26. The molecule has 2 heterocycles. The minimum absolute atomic E-state index is 0.0407. The van der Waals surface area contributed by atoms with E-state index in [0.717, 1.165) is 5.56 Å². The number of benzene rings is 2. The van der Waals surface area contributed by atoms with Crippen LogP contribution in [0.25, 0.3) is 0 Å². The van der Waals surface area contributed by atoms with E-state index in [0.29, 0.717) is 69.5 Å². The normalized spacial score (nSPS) is 19.0. The van der Waals surface area contributed by atoms with Crippen LogP contribution >= 0.6 is 0 Å². The predicted octanol–water partition coefficient (Wildman–Crippen LogP) is 1.67. The summed E-state index contributed by atoms with van der Waals surface area (Å²) in [5, 5.41) is 0. The van der Waals surface area contributed by atoms with Crippen LogP contribution in [0.4, 0.5) is 0 Å². The summed E-state index contributed by atoms with van der Waals surface area (Å²) in [5.41, 5.74) is 1.76. The molecule has 2 fully saturated rings. The molecule has 0 aromatic heterocycles. The number of carbonyl (C=O) groups excluding carboxylic acids is 1. The molecule has 30 heavy (non-hydrogen) atoms. The molecule has 2 aliphatic heterocycles. The van der Waals surface area contributed by atoms with Crippen LogP contribution in [0.15, 0.2) is 59.5 Å². The van der Waals surface area contributed by atoms with Gasteiger partial charge in [0, 0.05) is 51.4 Å². The molecule has 160 valence electrons. The van der Waals surface area contributed by atoms with E-state index >= 15 is 0 Å². The van der Waals surface area contributed by atoms with E-state index in [1.54, 1.807) is 28.6 Å². The van der Waals surface area contributed by atoms with Crippen molar-refractivity contribution in [1.82, 2.24) is 14.1 Å². The molecule has 0 spiro atoms. The van der Waals surface area contributed by atoms with Gasteiger partial charge in [0.05, 0.1) is 18.1 Å². The number of carbonyl (C=O) groups is 1. The third-order valence-corrected chi connectivity index (χ3v) is 7.50. The Morgan fingerprint density at radius 2 is 1.57 bits per heavy atom. The van der Waals surface area contributed by atoms with E-state index in [2.05, 4.69) is 4.90 Å². The molecule has 7 nitrogen and oxygen atoms in total. The molecule has 8 heteroatoms. The minimum atomic E-state index is -3.44. The molecule has 2 aliphatic rings. The number of ether oxygens (including phenoxy) is 1. The van der Waals surface area contributed by atoms with E-state index in [-0.39, 0.29) is 5.91 Å². The SMILES string of the molecule is O=C(c1cccc(CN2CCN(S(=O)(=O)c3ccccc3)CC2)c1)N1CCOCC1. The van der Waals surface area contributed by atoms with Crippen molar-refractivity contribution in [2.45, 2.75) is 11.4 Å². The van der Waals surface area contributed by atoms with Gasteiger partial charge < -0.3 is 9.64 Å². The monoisotopic (exact) mass is 429 g/mol. The fourth-order valence-corrected chi connectivity index (χ4v) is 5.32. The molecule has 0 radical (unpaired) electrons. The van der Waals surface area contributed by atoms with E-state index in [9.17, 15) is 13.2 Å². The first-order chi connectivity index (χ1) is 14.5. The first-order valence-electron chi connectivity index (χ1n) is 10.3. The summed E-state index contributed by atoms with van der Waals surface area (Å²) in [5.74, 6) is 0.0407. The molecule has 4 rings (SSSR count). The third-order valence-electron chi connectivity index (χ3n) is 5.59. The smallest absolute Gasteiger partial charge is 0.254 e. The second-order valence-electron chi connectivity index (χ2n) is 7.60. The number of hydrogen-bond donors (Lipinski definition) is 0. The van der Waals surface area contributed by atoms with Gasteiger partial charge in [0.15, 0.2) is 0 Å². The lowest BCUT2D eigenvalue weighted by molar-refractivity contribution is 0.0303. The quantitative estimate of drug-likeness (QED) is 0.723. The maximum absolute atomic E-state index is 12.8. The van der Waals surface area contributed by atoms with Crippen molar-refractivity contribution in [1.29, 1.82) is 0 Å². The summed E-state index contributed by atoms with van der Waals surface area (Å²) >= 11 is 0. The Hall–Kier alpha value is -2.26. The zero-order chi connectivity index (χ0) is 21.0. The fraction of sp³-hybridized carbons (Fsp3) is 0.409. The van der Waals surface area contributed by atoms with Crippen LogP contribution in [0.5, 0.6) is 0 Å². The van der Waals surface area contributed by atoms with Gasteiger partial charge in [-0.1, -0.05) is 30.3 Å². The highest BCUT2D eigenvalue weighted by Gasteiger charge is 2.28. The average Bonchev–Trinajstić information content (AvgIpc) is 2.80. The number of morpholine rings is 1. The molecule has 2 aromatic rings. The van der Waals surface area contributed by atoms with Crippen molar-refractivity contribution in [2.24, 2.45) is 0 Å². The number of hydrogen-bond acceptors (Lipinski definition) is 5. The highest BCUT2D eigenvalue weighted by molar-refractivity contribution is 7.89. The van der Waals surface area contributed by atoms with Crippen LogP contribution in [0.1, 0.15) is 15.9 Å². The van der Waals surface area contributed by atoms with Gasteiger partial charge in [-0.25, -0.2) is 8.42 Å². The Morgan fingerprint density at radius 1 is 0.867 bits per heavy atom. The molecule has 0 aliphatic carbocycles. The molecule has 2 aromatic carbocycles. The molecule has 0 unspecified atom stereocenters. The van der Waals surface area contributed by atoms with Gasteiger partial charge in [-0.15, -0.1) is 0 Å². The van der Waals surface area contributed by atoms with Crippen LogP contribution in [-0.4, -0.2) is 80.9 Å². The van der Waals surface area contributed by atoms with Crippen LogP contribution < -0.4 is 0 Å². The highest BCUT2D eigenvalue weighted by Crippen LogP contribution is 2.19. The van der Waals surface area contributed by atoms with Crippen LogP contribution in [-0.2, 0) is 21.3 Å². The van der Waals surface area contributed by atoms with Crippen LogP contribution in [0.3, 0.4) is 0 Å². The Balaban J connectivity index is 1.36. The molecule has 1 amide bonds. The Labute approximate surface area is 177 Å². The number of rotatable bonds is 5. The Kier molecular flexibility index (Phi) is 6.48. The first-order valence-corrected chi connectivity index (χ1v) is 11.7. The number of nitrogens with zero attached hydrogens (tertiary/aromatic N) is 3. The van der Waals surface area contributed by atoms with E-state index in [1.807, 2.05) is 35.2 Å². The summed E-state index contributed by atoms with van der Waals surface area (Å²) in [4.78, 5) is 17.1. The minimum Gasteiger partial charge on any atom is -0.378 e. The average molecular weight is 430 g/mol. The summed E-state index contributed by atoms with van der Waals surface area (Å²) < 4.78 is 32.4. The Bertz CT molecular complexity index is 967. The Morgan fingerprint density at radius 3 is 2.27 bits per heavy atom. The van der Waals surface area contributed by atoms with Crippen molar-refractivity contribution in [3.05, 3.63) is 65.7 Å². The summed E-state index contributed by atoms with van der Waals surface area (Å²) in [6.07, 6.45) is 0. The van der Waals surface area contributed by atoms with Crippen molar-refractivity contribution in [3.8, 4) is 0 Å². The molecule has 0 atom stereocenters. The zero-order valence-electron chi connectivity index (χ0n) is 16.9. The van der Waals surface area contributed by atoms with Crippen molar-refractivity contribution >= 4 is 15.9 Å². The third kappa shape index (κ3) is 4.73. The van der Waals surface area contributed by atoms with Crippen molar-refractivity contribution in [2.75, 3.05) is 52.5 Å². The maximum Gasteiger partial charge on any atom is 0.254 e. The summed E-state index contributed by atoms with van der Waals surface area (Å²) in [6, 6.07) is 16.3. The molecule has 2 saturated heterocycles. The van der Waals surface area contributed by atoms with Crippen molar-refractivity contribution < 1.29 is 17.9 Å². The van der Waals surface area contributed by atoms with Gasteiger partial charge in [0.1, 0.15) is 0 Å². The standard InChI is InChI=1S/C22H27N3O4S/c26-22(24-13-15-29-16-14-24)20-6-4-5-19(17-20)18-23-9-11-25(12-10-23)30(27,28)21-7-2-1-3-8-21/h1-8,17H,9-16,18H2. The van der Waals surface area contributed by atoms with Gasteiger partial charge in [-0.05, 0) is 29.8 Å². The maximum atomic E-state index is 12.8. The molecule has 0 saturated carbocycles. The fourth-order valence-electron chi connectivity index (χ4n) is 3.88. The topological polar surface area (TPSA) is 70.2 Å². The van der Waals surface area contributed by atoms with Gasteiger partial charge in [-0.2, -0.15) is 4.31 Å².